The van der Waals surface area contributed by atoms with Gasteiger partial charge in [0, 0.05) is 29.9 Å². The maximum atomic E-state index is 15.5. The molecule has 0 radical (unpaired) electrons. The Morgan fingerprint density at radius 2 is 1.96 bits per heavy atom. The van der Waals surface area contributed by atoms with Crippen LogP contribution in [0.4, 0.5) is 20.6 Å². The van der Waals surface area contributed by atoms with Crippen molar-refractivity contribution in [1.29, 1.82) is 0 Å². The fourth-order valence-corrected chi connectivity index (χ4v) is 7.27. The Labute approximate surface area is 282 Å². The first-order valence-electron chi connectivity index (χ1n) is 16.3. The number of piperidine rings is 1. The summed E-state index contributed by atoms with van der Waals surface area (Å²) in [6.07, 6.45) is 4.76. The molecule has 3 atom stereocenters. The third-order valence-electron chi connectivity index (χ3n) is 9.38. The van der Waals surface area contributed by atoms with E-state index in [1.54, 1.807) is 17.9 Å². The quantitative estimate of drug-likeness (QED) is 0.290. The van der Waals surface area contributed by atoms with E-state index >= 15 is 4.39 Å². The molecule has 4 aliphatic heterocycles. The fraction of sp³-hybridized carbons (Fsp3) is 0.457. The number of esters is 2. The number of halogens is 2. The summed E-state index contributed by atoms with van der Waals surface area (Å²) in [4.78, 5) is 58.7. The summed E-state index contributed by atoms with van der Waals surface area (Å²) >= 11 is 6.16. The second-order valence-corrected chi connectivity index (χ2v) is 12.9. The largest absolute Gasteiger partial charge is 0.469 e. The lowest BCUT2D eigenvalue weighted by Crippen LogP contribution is -2.55. The van der Waals surface area contributed by atoms with Crippen molar-refractivity contribution >= 4 is 58.3 Å². The van der Waals surface area contributed by atoms with Crippen LogP contribution in [0.2, 0.25) is 5.02 Å². The molecule has 2 unspecified atom stereocenters. The SMILES string of the molecule is CCOC(=O)C1CCCCC(C(=O)N2CCC[C@@]3(C2)OC(=O)Nc2ccc(Cl)c(F)c23)C2=NC(=CC2)c2ccc(CC(=O)OC)cc2N1. The van der Waals surface area contributed by atoms with Gasteiger partial charge >= 0.3 is 18.0 Å². The summed E-state index contributed by atoms with van der Waals surface area (Å²) in [5, 5.41) is 5.82. The van der Waals surface area contributed by atoms with Crippen LogP contribution in [0.1, 0.15) is 68.6 Å². The van der Waals surface area contributed by atoms with E-state index in [0.717, 1.165) is 5.56 Å². The molecule has 2 bridgehead atoms. The maximum absolute atomic E-state index is 15.5. The lowest BCUT2D eigenvalue weighted by molar-refractivity contribution is -0.144. The molecule has 48 heavy (non-hydrogen) atoms. The van der Waals surface area contributed by atoms with Crippen molar-refractivity contribution in [3.63, 3.8) is 0 Å². The highest BCUT2D eigenvalue weighted by molar-refractivity contribution is 6.31. The van der Waals surface area contributed by atoms with Crippen LogP contribution < -0.4 is 10.6 Å². The minimum atomic E-state index is -1.38. The predicted molar refractivity (Wildman–Crippen MR) is 177 cm³/mol. The molecule has 2 N–H and O–H groups in total. The van der Waals surface area contributed by atoms with E-state index in [4.69, 9.17) is 30.8 Å². The zero-order chi connectivity index (χ0) is 34.0. The number of likely N-dealkylation sites (tertiary alicyclic amines) is 1. The number of methoxy groups -OCH3 is 1. The molecule has 2 aromatic carbocycles. The number of aliphatic imine (C=N–C) groups is 1. The Kier molecular flexibility index (Phi) is 9.73. The van der Waals surface area contributed by atoms with E-state index < -0.39 is 29.5 Å². The third kappa shape index (κ3) is 6.63. The van der Waals surface area contributed by atoms with Gasteiger partial charge in [-0.15, -0.1) is 0 Å². The first-order chi connectivity index (χ1) is 23.1. The number of fused-ring (bicyclic) bond motifs is 5. The molecule has 2 aromatic rings. The number of allylic oxidation sites excluding steroid dienone is 1. The van der Waals surface area contributed by atoms with Gasteiger partial charge in [0.1, 0.15) is 6.04 Å². The Hall–Kier alpha value is -4.45. The maximum Gasteiger partial charge on any atom is 0.412 e. The molecule has 0 saturated carbocycles. The molecule has 0 aliphatic carbocycles. The van der Waals surface area contributed by atoms with Gasteiger partial charge in [-0.1, -0.05) is 42.7 Å². The van der Waals surface area contributed by atoms with Crippen molar-refractivity contribution in [2.24, 2.45) is 10.9 Å². The van der Waals surface area contributed by atoms with Crippen molar-refractivity contribution in [1.82, 2.24) is 4.90 Å². The number of rotatable bonds is 5. The summed E-state index contributed by atoms with van der Waals surface area (Å²) in [6.45, 7) is 2.37. The second kappa shape index (κ2) is 14.0. The van der Waals surface area contributed by atoms with Gasteiger partial charge in [0.25, 0.3) is 0 Å². The van der Waals surface area contributed by atoms with Crippen molar-refractivity contribution < 1.29 is 37.8 Å². The van der Waals surface area contributed by atoms with Crippen LogP contribution in [0.15, 0.2) is 41.4 Å². The van der Waals surface area contributed by atoms with Crippen LogP contribution in [0.5, 0.6) is 0 Å². The van der Waals surface area contributed by atoms with Gasteiger partial charge in [0.2, 0.25) is 5.91 Å². The molecule has 1 spiro atoms. The van der Waals surface area contributed by atoms with E-state index in [0.29, 0.717) is 74.2 Å². The van der Waals surface area contributed by atoms with Crippen LogP contribution in [0.3, 0.4) is 0 Å². The summed E-state index contributed by atoms with van der Waals surface area (Å²) in [7, 11) is 1.33. The van der Waals surface area contributed by atoms with Gasteiger partial charge in [0.05, 0.1) is 54.6 Å². The zero-order valence-electron chi connectivity index (χ0n) is 26.9. The molecule has 0 aromatic heterocycles. The smallest absolute Gasteiger partial charge is 0.412 e. The van der Waals surface area contributed by atoms with Crippen LogP contribution in [0, 0.1) is 11.7 Å². The topological polar surface area (TPSA) is 136 Å². The summed E-state index contributed by atoms with van der Waals surface area (Å²) in [5.74, 6) is -2.21. The van der Waals surface area contributed by atoms with Crippen molar-refractivity contribution in [2.45, 2.75) is 69.9 Å². The number of amides is 2. The molecular formula is C35H38ClFN4O7. The number of benzene rings is 2. The van der Waals surface area contributed by atoms with Crippen LogP contribution in [0.25, 0.3) is 5.70 Å². The first kappa shape index (κ1) is 33.5. The summed E-state index contributed by atoms with van der Waals surface area (Å²) in [5.41, 5.74) is 2.45. The molecule has 4 aliphatic rings. The number of ether oxygens (including phenoxy) is 3. The van der Waals surface area contributed by atoms with Gasteiger partial charge in [-0.2, -0.15) is 0 Å². The number of anilines is 2. The third-order valence-corrected chi connectivity index (χ3v) is 9.68. The molecule has 4 heterocycles. The van der Waals surface area contributed by atoms with E-state index in [2.05, 4.69) is 10.6 Å². The average molecular weight is 681 g/mol. The highest BCUT2D eigenvalue weighted by Crippen LogP contribution is 2.46. The zero-order valence-corrected chi connectivity index (χ0v) is 27.7. The Morgan fingerprint density at radius 1 is 1.15 bits per heavy atom. The molecule has 13 heteroatoms. The Morgan fingerprint density at radius 3 is 2.75 bits per heavy atom. The van der Waals surface area contributed by atoms with Gasteiger partial charge < -0.3 is 24.4 Å². The molecule has 1 saturated heterocycles. The van der Waals surface area contributed by atoms with Crippen LogP contribution in [-0.2, 0) is 40.6 Å². The average Bonchev–Trinajstić information content (AvgIpc) is 3.55. The first-order valence-corrected chi connectivity index (χ1v) is 16.7. The monoisotopic (exact) mass is 680 g/mol. The Balaban J connectivity index is 1.32. The van der Waals surface area contributed by atoms with E-state index in [1.807, 2.05) is 24.3 Å². The van der Waals surface area contributed by atoms with Crippen LogP contribution in [-0.4, -0.2) is 67.4 Å². The Bertz CT molecular complexity index is 1710. The van der Waals surface area contributed by atoms with Gasteiger partial charge in [0.15, 0.2) is 11.4 Å². The number of nitrogens with zero attached hydrogens (tertiary/aromatic N) is 2. The number of hydrogen-bond acceptors (Lipinski definition) is 9. The number of hydrogen-bond donors (Lipinski definition) is 2. The molecule has 254 valence electrons. The predicted octanol–water partition coefficient (Wildman–Crippen LogP) is 5.99. The van der Waals surface area contributed by atoms with Gasteiger partial charge in [-0.25, -0.2) is 14.0 Å². The molecule has 6 rings (SSSR count). The number of carbonyl (C=O) groups is 4. The number of carbonyl (C=O) groups excluding carboxylic acids is 4. The fourth-order valence-electron chi connectivity index (χ4n) is 7.11. The molecular weight excluding hydrogens is 643 g/mol. The van der Waals surface area contributed by atoms with Crippen molar-refractivity contribution in [3.05, 3.63) is 63.9 Å². The standard InChI is InChI=1S/C35H38ClFN4O7/c1-3-47-33(44)27-8-5-4-7-22(25-14-13-24(38-25)21-10-9-20(17-28(21)39-27)18-29(42)46-2)32(43)41-16-6-15-35(19-41)30-26(40-34(45)48-35)12-11-23(36)31(30)37/h9-13,17,22,27,39H,3-8,14-16,18-19H2,1-2H3,(H,40,45)/t22?,27?,35-/m0/s1. The van der Waals surface area contributed by atoms with Crippen molar-refractivity contribution in [2.75, 3.05) is 37.4 Å². The lowest BCUT2D eigenvalue weighted by atomic mass is 9.82. The second-order valence-electron chi connectivity index (χ2n) is 12.5. The molecule has 11 nitrogen and oxygen atoms in total. The van der Waals surface area contributed by atoms with Gasteiger partial charge in [-0.3, -0.25) is 19.9 Å². The minimum absolute atomic E-state index is 0.0196. The highest BCUT2D eigenvalue weighted by Gasteiger charge is 2.49. The van der Waals surface area contributed by atoms with E-state index in [-0.39, 0.29) is 53.7 Å². The van der Waals surface area contributed by atoms with Crippen molar-refractivity contribution in [3.8, 4) is 0 Å². The highest BCUT2D eigenvalue weighted by atomic mass is 35.5. The molecule has 2 amide bonds. The normalized spacial score (nSPS) is 23.5. The van der Waals surface area contributed by atoms with Crippen LogP contribution >= 0.6 is 11.6 Å². The van der Waals surface area contributed by atoms with E-state index in [1.165, 1.54) is 13.2 Å². The summed E-state index contributed by atoms with van der Waals surface area (Å²) < 4.78 is 31.5. The van der Waals surface area contributed by atoms with E-state index in [9.17, 15) is 19.2 Å². The lowest BCUT2D eigenvalue weighted by Gasteiger charge is -2.45. The molecule has 1 fully saturated rings. The minimum Gasteiger partial charge on any atom is -0.469 e. The number of nitrogens with one attached hydrogen (secondary N) is 2. The summed E-state index contributed by atoms with van der Waals surface area (Å²) in [6, 6.07) is 7.75. The van der Waals surface area contributed by atoms with Gasteiger partial charge in [-0.05, 0) is 56.4 Å².